The summed E-state index contributed by atoms with van der Waals surface area (Å²) in [5.74, 6) is 20.3. The summed E-state index contributed by atoms with van der Waals surface area (Å²) in [6.07, 6.45) is 1.50. The second kappa shape index (κ2) is 16.9. The number of aldehydes is 2. The van der Waals surface area contributed by atoms with E-state index in [-0.39, 0.29) is 0 Å². The van der Waals surface area contributed by atoms with Gasteiger partial charge >= 0.3 is 0 Å². The van der Waals surface area contributed by atoms with Crippen LogP contribution in [0.15, 0.2) is 164 Å². The molecule has 9 aromatic rings. The molecule has 0 aliphatic rings. The molecular formula is C54H32N4O3. The molecule has 0 radical (unpaired) electrons. The Bertz CT molecular complexity index is 3190. The van der Waals surface area contributed by atoms with Crippen LogP contribution < -0.4 is 9.64 Å². The molecule has 7 heteroatoms. The Morgan fingerprint density at radius 1 is 0.393 bits per heavy atom. The fourth-order valence-corrected chi connectivity index (χ4v) is 6.83. The highest BCUT2D eigenvalue weighted by Gasteiger charge is 2.13. The minimum atomic E-state index is 0.402. The third-order valence-corrected chi connectivity index (χ3v) is 9.97. The van der Waals surface area contributed by atoms with Crippen molar-refractivity contribution in [2.75, 3.05) is 12.0 Å². The lowest BCUT2D eigenvalue weighted by Crippen LogP contribution is -2.09. The SMILES string of the molecule is COc1ccc2cc(C#Cc3ccc(N(c4ccc(C#Cc5ccc6nc(C=O)ccc6c5)cc4)c4ccc(C#Cc5ccc6nc(C=O)ccc6c5)cc4)cc3)ccc2n1. The zero-order valence-electron chi connectivity index (χ0n) is 32.8. The first-order valence-electron chi connectivity index (χ1n) is 19.3. The van der Waals surface area contributed by atoms with Crippen molar-refractivity contribution in [3.8, 4) is 41.4 Å². The van der Waals surface area contributed by atoms with Crippen LogP contribution in [0.1, 0.15) is 54.4 Å². The molecule has 3 aromatic heterocycles. The number of nitrogens with zero attached hydrogens (tertiary/aromatic N) is 4. The molecule has 6 aromatic carbocycles. The minimum Gasteiger partial charge on any atom is -0.481 e. The normalized spacial score (nSPS) is 10.4. The molecule has 3 heterocycles. The van der Waals surface area contributed by atoms with Crippen LogP contribution in [0.2, 0.25) is 0 Å². The summed E-state index contributed by atoms with van der Waals surface area (Å²) in [7, 11) is 1.61. The molecule has 9 rings (SSSR count). The average molecular weight is 785 g/mol. The van der Waals surface area contributed by atoms with Gasteiger partial charge in [0, 0.05) is 72.7 Å². The monoisotopic (exact) mass is 784 g/mol. The topological polar surface area (TPSA) is 85.3 Å². The van der Waals surface area contributed by atoms with Gasteiger partial charge in [0.15, 0.2) is 12.6 Å². The predicted octanol–water partition coefficient (Wildman–Crippen LogP) is 10.6. The molecule has 61 heavy (non-hydrogen) atoms. The molecule has 0 atom stereocenters. The lowest BCUT2D eigenvalue weighted by molar-refractivity contribution is 0.111. The van der Waals surface area contributed by atoms with E-state index in [2.05, 4.69) is 91.8 Å². The molecule has 0 aliphatic heterocycles. The maximum Gasteiger partial charge on any atom is 0.213 e. The highest BCUT2D eigenvalue weighted by molar-refractivity contribution is 5.86. The smallest absolute Gasteiger partial charge is 0.213 e. The highest BCUT2D eigenvalue weighted by Crippen LogP contribution is 2.35. The van der Waals surface area contributed by atoms with Crippen LogP contribution in [-0.2, 0) is 0 Å². The number of hydrogen-bond donors (Lipinski definition) is 0. The van der Waals surface area contributed by atoms with Gasteiger partial charge in [-0.25, -0.2) is 15.0 Å². The van der Waals surface area contributed by atoms with E-state index in [1.54, 1.807) is 19.2 Å². The van der Waals surface area contributed by atoms with Crippen molar-refractivity contribution in [3.05, 3.63) is 209 Å². The molecule has 286 valence electrons. The third kappa shape index (κ3) is 8.57. The molecule has 0 amide bonds. The molecule has 0 N–H and O–H groups in total. The van der Waals surface area contributed by atoms with E-state index in [1.165, 1.54) is 0 Å². The van der Waals surface area contributed by atoms with Gasteiger partial charge in [-0.1, -0.05) is 47.7 Å². The van der Waals surface area contributed by atoms with E-state index in [0.717, 1.165) is 95.7 Å². The zero-order valence-corrected chi connectivity index (χ0v) is 32.8. The molecule has 0 bridgehead atoms. The van der Waals surface area contributed by atoms with Gasteiger partial charge < -0.3 is 9.64 Å². The van der Waals surface area contributed by atoms with E-state index < -0.39 is 0 Å². The van der Waals surface area contributed by atoms with Gasteiger partial charge in [-0.2, -0.15) is 0 Å². The van der Waals surface area contributed by atoms with Gasteiger partial charge in [0.1, 0.15) is 11.4 Å². The minimum absolute atomic E-state index is 0.402. The first-order valence-corrected chi connectivity index (χ1v) is 19.3. The summed E-state index contributed by atoms with van der Waals surface area (Å²) in [6.45, 7) is 0. The summed E-state index contributed by atoms with van der Waals surface area (Å²) in [4.78, 5) is 37.7. The quantitative estimate of drug-likeness (QED) is 0.123. The van der Waals surface area contributed by atoms with Crippen molar-refractivity contribution < 1.29 is 14.3 Å². The second-order valence-electron chi connectivity index (χ2n) is 14.0. The Kier molecular flexibility index (Phi) is 10.5. The molecule has 0 saturated carbocycles. The second-order valence-corrected chi connectivity index (χ2v) is 14.0. The van der Waals surface area contributed by atoms with Crippen LogP contribution in [0.5, 0.6) is 5.88 Å². The summed E-state index contributed by atoms with van der Waals surface area (Å²) >= 11 is 0. The first-order chi connectivity index (χ1) is 30.0. The Morgan fingerprint density at radius 2 is 0.721 bits per heavy atom. The van der Waals surface area contributed by atoms with E-state index in [9.17, 15) is 9.59 Å². The molecule has 0 saturated heterocycles. The molecule has 0 aliphatic carbocycles. The first kappa shape index (κ1) is 37.7. The van der Waals surface area contributed by atoms with Crippen LogP contribution in [-0.4, -0.2) is 34.6 Å². The van der Waals surface area contributed by atoms with Crippen LogP contribution in [0, 0.1) is 35.5 Å². The van der Waals surface area contributed by atoms with Gasteiger partial charge in [-0.3, -0.25) is 9.59 Å². The van der Waals surface area contributed by atoms with Gasteiger partial charge in [-0.05, 0) is 146 Å². The molecular weight excluding hydrogens is 753 g/mol. The Balaban J connectivity index is 0.995. The highest BCUT2D eigenvalue weighted by atomic mass is 16.5. The van der Waals surface area contributed by atoms with Gasteiger partial charge in [0.2, 0.25) is 5.88 Å². The number of pyridine rings is 3. The van der Waals surface area contributed by atoms with Crippen LogP contribution >= 0.6 is 0 Å². The van der Waals surface area contributed by atoms with E-state index in [0.29, 0.717) is 17.3 Å². The fourth-order valence-electron chi connectivity index (χ4n) is 6.83. The summed E-state index contributed by atoms with van der Waals surface area (Å²) < 4.78 is 5.26. The standard InChI is InChI=1S/C54H32N4O3/c1-61-54-31-19-45-34-42(16-30-53(45)57-54)7-4-39-12-26-50(27-13-39)58(48-22-8-37(9-23-48)2-5-40-14-28-51-43(32-40)17-20-46(35-59)55-51)49-24-10-38(11-25-49)3-6-41-15-29-52-44(33-41)18-21-47(36-60)56-52/h8-36H,1H3. The van der Waals surface area contributed by atoms with Crippen LogP contribution in [0.4, 0.5) is 17.1 Å². The number of rotatable bonds is 6. The average Bonchev–Trinajstić information content (AvgIpc) is 3.32. The van der Waals surface area contributed by atoms with E-state index >= 15 is 0 Å². The number of benzene rings is 6. The number of methoxy groups -OCH3 is 1. The molecule has 0 fully saturated rings. The van der Waals surface area contributed by atoms with Gasteiger partial charge in [-0.15, -0.1) is 0 Å². The van der Waals surface area contributed by atoms with Crippen molar-refractivity contribution in [1.82, 2.24) is 15.0 Å². The molecule has 0 spiro atoms. The van der Waals surface area contributed by atoms with E-state index in [1.807, 2.05) is 115 Å². The lowest BCUT2D eigenvalue weighted by atomic mass is 10.1. The Hall–Kier alpha value is -8.83. The van der Waals surface area contributed by atoms with Gasteiger partial charge in [0.25, 0.3) is 0 Å². The maximum atomic E-state index is 11.1. The number of hydrogen-bond acceptors (Lipinski definition) is 7. The number of aromatic nitrogens is 3. The van der Waals surface area contributed by atoms with Crippen molar-refractivity contribution >= 4 is 62.3 Å². The van der Waals surface area contributed by atoms with Crippen molar-refractivity contribution in [2.45, 2.75) is 0 Å². The van der Waals surface area contributed by atoms with Gasteiger partial charge in [0.05, 0.1) is 23.7 Å². The number of carbonyl (C=O) groups is 2. The number of ether oxygens (including phenoxy) is 1. The fraction of sp³-hybridized carbons (Fsp3) is 0.0185. The number of carbonyl (C=O) groups excluding carboxylic acids is 2. The van der Waals surface area contributed by atoms with Crippen molar-refractivity contribution in [2.24, 2.45) is 0 Å². The maximum absolute atomic E-state index is 11.1. The van der Waals surface area contributed by atoms with Crippen LogP contribution in [0.3, 0.4) is 0 Å². The summed E-state index contributed by atoms with van der Waals surface area (Å²) in [6, 6.07) is 53.0. The molecule has 0 unspecified atom stereocenters. The zero-order chi connectivity index (χ0) is 41.5. The molecule has 7 nitrogen and oxygen atoms in total. The van der Waals surface area contributed by atoms with E-state index in [4.69, 9.17) is 4.74 Å². The third-order valence-electron chi connectivity index (χ3n) is 9.97. The van der Waals surface area contributed by atoms with Crippen molar-refractivity contribution in [3.63, 3.8) is 0 Å². The number of anilines is 3. The predicted molar refractivity (Wildman–Crippen MR) is 242 cm³/mol. The largest absolute Gasteiger partial charge is 0.481 e. The summed E-state index contributed by atoms with van der Waals surface area (Å²) in [5, 5.41) is 2.84. The Morgan fingerprint density at radius 3 is 1.08 bits per heavy atom. The van der Waals surface area contributed by atoms with Crippen LogP contribution in [0.25, 0.3) is 32.7 Å². The van der Waals surface area contributed by atoms with Crippen molar-refractivity contribution in [1.29, 1.82) is 0 Å². The summed E-state index contributed by atoms with van der Waals surface area (Å²) in [5.41, 5.74) is 11.3. The Labute approximate surface area is 352 Å². The number of fused-ring (bicyclic) bond motifs is 3. The lowest BCUT2D eigenvalue weighted by Gasteiger charge is -2.25.